The molecule has 36 heavy (non-hydrogen) atoms. The first-order valence-electron chi connectivity index (χ1n) is 11.2. The van der Waals surface area contributed by atoms with Crippen LogP contribution in [0.4, 0.5) is 13.2 Å². The SMILES string of the molecule is Cc1cnc2c(=O)c(-c3cc4cc([C@@H]5CCOC5)ncc4s3)nn(-c3ccc(C(F)(F)F)nc3)c2c1. The van der Waals surface area contributed by atoms with Gasteiger partial charge in [-0.1, -0.05) is 0 Å². The summed E-state index contributed by atoms with van der Waals surface area (Å²) in [5.74, 6) is 0.244. The third kappa shape index (κ3) is 3.94. The van der Waals surface area contributed by atoms with Crippen LogP contribution in [0.5, 0.6) is 0 Å². The molecule has 0 N–H and O–H groups in total. The number of thiophene rings is 1. The predicted octanol–water partition coefficient (Wildman–Crippen LogP) is 5.28. The highest BCUT2D eigenvalue weighted by atomic mass is 32.1. The fraction of sp³-hybridized carbons (Fsp3) is 0.240. The van der Waals surface area contributed by atoms with Gasteiger partial charge in [0.25, 0.3) is 0 Å². The second kappa shape index (κ2) is 8.45. The van der Waals surface area contributed by atoms with Gasteiger partial charge in [-0.3, -0.25) is 14.8 Å². The molecule has 1 saturated heterocycles. The molecule has 6 rings (SSSR count). The van der Waals surface area contributed by atoms with E-state index in [4.69, 9.17) is 4.74 Å². The number of hydrogen-bond acceptors (Lipinski definition) is 7. The van der Waals surface area contributed by atoms with Gasteiger partial charge in [-0.05, 0) is 54.6 Å². The normalized spacial score (nSPS) is 16.3. The van der Waals surface area contributed by atoms with Gasteiger partial charge in [-0.25, -0.2) is 9.67 Å². The molecule has 11 heteroatoms. The molecule has 0 amide bonds. The molecule has 6 heterocycles. The van der Waals surface area contributed by atoms with Gasteiger partial charge in [0, 0.05) is 30.6 Å². The van der Waals surface area contributed by atoms with Crippen LogP contribution in [-0.4, -0.2) is 37.9 Å². The lowest BCUT2D eigenvalue weighted by molar-refractivity contribution is -0.141. The van der Waals surface area contributed by atoms with Crippen LogP contribution in [0.2, 0.25) is 0 Å². The Morgan fingerprint density at radius 1 is 1.08 bits per heavy atom. The van der Waals surface area contributed by atoms with Crippen molar-refractivity contribution in [1.82, 2.24) is 24.7 Å². The lowest BCUT2D eigenvalue weighted by Gasteiger charge is -2.12. The van der Waals surface area contributed by atoms with E-state index < -0.39 is 11.9 Å². The lowest BCUT2D eigenvalue weighted by atomic mass is 10.0. The van der Waals surface area contributed by atoms with Gasteiger partial charge in [0.2, 0.25) is 5.43 Å². The molecular formula is C25H18F3N5O2S. The molecule has 0 aliphatic carbocycles. The van der Waals surface area contributed by atoms with Crippen LogP contribution in [0.15, 0.2) is 53.7 Å². The van der Waals surface area contributed by atoms with Crippen molar-refractivity contribution in [2.24, 2.45) is 0 Å². The highest BCUT2D eigenvalue weighted by molar-refractivity contribution is 7.22. The van der Waals surface area contributed by atoms with E-state index in [2.05, 4.69) is 20.1 Å². The molecule has 1 aliphatic rings. The molecule has 0 saturated carbocycles. The number of aromatic nitrogens is 5. The molecule has 0 bridgehead atoms. The molecule has 0 unspecified atom stereocenters. The van der Waals surface area contributed by atoms with Crippen molar-refractivity contribution in [2.45, 2.75) is 25.4 Å². The summed E-state index contributed by atoms with van der Waals surface area (Å²) in [6, 6.07) is 7.80. The van der Waals surface area contributed by atoms with Gasteiger partial charge < -0.3 is 4.74 Å². The summed E-state index contributed by atoms with van der Waals surface area (Å²) in [6.07, 6.45) is 0.816. The fourth-order valence-electron chi connectivity index (χ4n) is 4.31. The highest BCUT2D eigenvalue weighted by Crippen LogP contribution is 2.34. The maximum absolute atomic E-state index is 13.4. The van der Waals surface area contributed by atoms with Crippen LogP contribution in [0.1, 0.15) is 29.3 Å². The molecular weight excluding hydrogens is 491 g/mol. The number of ether oxygens (including phenoxy) is 1. The first-order chi connectivity index (χ1) is 17.3. The van der Waals surface area contributed by atoms with E-state index in [1.807, 2.05) is 19.1 Å². The molecule has 0 aromatic carbocycles. The topological polar surface area (TPSA) is 82.8 Å². The molecule has 1 atom stereocenters. The van der Waals surface area contributed by atoms with E-state index in [1.165, 1.54) is 22.1 Å². The Kier molecular flexibility index (Phi) is 5.34. The number of alkyl halides is 3. The Morgan fingerprint density at radius 2 is 1.94 bits per heavy atom. The van der Waals surface area contributed by atoms with Crippen LogP contribution >= 0.6 is 11.3 Å². The van der Waals surface area contributed by atoms with Crippen molar-refractivity contribution in [2.75, 3.05) is 13.2 Å². The highest BCUT2D eigenvalue weighted by Gasteiger charge is 2.32. The number of aryl methyl sites for hydroxylation is 1. The average molecular weight is 510 g/mol. The van der Waals surface area contributed by atoms with E-state index in [0.717, 1.165) is 40.0 Å². The maximum Gasteiger partial charge on any atom is 0.433 e. The first-order valence-corrected chi connectivity index (χ1v) is 12.0. The van der Waals surface area contributed by atoms with E-state index in [9.17, 15) is 18.0 Å². The summed E-state index contributed by atoms with van der Waals surface area (Å²) in [6.45, 7) is 3.16. The molecule has 0 spiro atoms. The van der Waals surface area contributed by atoms with Gasteiger partial charge >= 0.3 is 6.18 Å². The number of pyridine rings is 3. The summed E-state index contributed by atoms with van der Waals surface area (Å²) in [4.78, 5) is 26.5. The minimum atomic E-state index is -4.56. The molecule has 5 aromatic heterocycles. The van der Waals surface area contributed by atoms with Gasteiger partial charge in [0.15, 0.2) is 5.69 Å². The standard InChI is InChI=1S/C25H18F3N5O2S/c1-13-6-18-22(31-9-13)24(34)23(32-33(18)16-2-3-21(30-10-16)25(26,27)28)19-8-15-7-17(14-4-5-35-12-14)29-11-20(15)36-19/h2-3,6-11,14H,4-5,12H2,1H3/t14-/m1/s1. The van der Waals surface area contributed by atoms with Crippen LogP contribution in [0, 0.1) is 6.92 Å². The fourth-order valence-corrected chi connectivity index (χ4v) is 5.30. The van der Waals surface area contributed by atoms with Gasteiger partial charge in [-0.2, -0.15) is 18.3 Å². The lowest BCUT2D eigenvalue weighted by Crippen LogP contribution is -2.17. The average Bonchev–Trinajstić information content (AvgIpc) is 3.53. The largest absolute Gasteiger partial charge is 0.433 e. The quantitative estimate of drug-likeness (QED) is 0.329. The Balaban J connectivity index is 1.52. The smallest absolute Gasteiger partial charge is 0.381 e. The van der Waals surface area contributed by atoms with Crippen LogP contribution in [0.25, 0.3) is 37.4 Å². The minimum Gasteiger partial charge on any atom is -0.381 e. The van der Waals surface area contributed by atoms with Crippen molar-refractivity contribution in [1.29, 1.82) is 0 Å². The van der Waals surface area contributed by atoms with E-state index >= 15 is 0 Å². The van der Waals surface area contributed by atoms with Crippen LogP contribution in [0.3, 0.4) is 0 Å². The minimum absolute atomic E-state index is 0.158. The zero-order valence-corrected chi connectivity index (χ0v) is 19.7. The summed E-state index contributed by atoms with van der Waals surface area (Å²) < 4.78 is 46.9. The number of halogens is 3. The molecule has 182 valence electrons. The first kappa shape index (κ1) is 22.7. The Labute approximate surface area is 206 Å². The van der Waals surface area contributed by atoms with Crippen molar-refractivity contribution in [3.05, 3.63) is 76.1 Å². The van der Waals surface area contributed by atoms with Crippen LogP contribution in [-0.2, 0) is 10.9 Å². The number of fused-ring (bicyclic) bond motifs is 2. The van der Waals surface area contributed by atoms with Crippen molar-refractivity contribution >= 4 is 32.5 Å². The van der Waals surface area contributed by atoms with Gasteiger partial charge in [0.05, 0.1) is 33.6 Å². The second-order valence-electron chi connectivity index (χ2n) is 8.69. The predicted molar refractivity (Wildman–Crippen MR) is 129 cm³/mol. The van der Waals surface area contributed by atoms with Gasteiger partial charge in [-0.15, -0.1) is 11.3 Å². The summed E-state index contributed by atoms with van der Waals surface area (Å²) in [7, 11) is 0. The third-order valence-electron chi connectivity index (χ3n) is 6.15. The molecule has 1 fully saturated rings. The third-order valence-corrected chi connectivity index (χ3v) is 7.24. The number of hydrogen-bond donors (Lipinski definition) is 0. The molecule has 5 aromatic rings. The monoisotopic (exact) mass is 509 g/mol. The zero-order valence-electron chi connectivity index (χ0n) is 18.9. The van der Waals surface area contributed by atoms with Gasteiger partial charge in [0.1, 0.15) is 11.2 Å². The van der Waals surface area contributed by atoms with E-state index in [-0.39, 0.29) is 28.2 Å². The van der Waals surface area contributed by atoms with Crippen LogP contribution < -0.4 is 5.43 Å². The summed E-state index contributed by atoms with van der Waals surface area (Å²) in [5.41, 5.74) is 1.36. The molecule has 7 nitrogen and oxygen atoms in total. The van der Waals surface area contributed by atoms with E-state index in [0.29, 0.717) is 23.6 Å². The maximum atomic E-state index is 13.4. The van der Waals surface area contributed by atoms with E-state index in [1.54, 1.807) is 18.5 Å². The molecule has 0 radical (unpaired) electrons. The number of nitrogens with zero attached hydrogens (tertiary/aromatic N) is 5. The number of rotatable bonds is 3. The summed E-state index contributed by atoms with van der Waals surface area (Å²) in [5, 5.41) is 5.52. The Bertz CT molecular complexity index is 1670. The second-order valence-corrected chi connectivity index (χ2v) is 9.77. The van der Waals surface area contributed by atoms with Crippen molar-refractivity contribution in [3.63, 3.8) is 0 Å². The van der Waals surface area contributed by atoms with Crippen molar-refractivity contribution < 1.29 is 17.9 Å². The zero-order chi connectivity index (χ0) is 25.0. The Hall–Kier alpha value is -3.70. The summed E-state index contributed by atoms with van der Waals surface area (Å²) >= 11 is 1.38. The van der Waals surface area contributed by atoms with Crippen molar-refractivity contribution in [3.8, 4) is 16.3 Å². The Morgan fingerprint density at radius 3 is 2.67 bits per heavy atom. The molecule has 1 aliphatic heterocycles.